The normalized spacial score (nSPS) is 19.2. The topological polar surface area (TPSA) is 88.9 Å². The molecule has 8 heteroatoms. The number of nitrogens with zero attached hydrogens (tertiary/aromatic N) is 5. The molecule has 180 valence electrons. The first-order valence-corrected chi connectivity index (χ1v) is 12.4. The minimum absolute atomic E-state index is 0.0956. The number of aryl methyl sites for hydroxylation is 2. The van der Waals surface area contributed by atoms with Gasteiger partial charge in [-0.05, 0) is 77.2 Å². The third-order valence-corrected chi connectivity index (χ3v) is 7.60. The quantitative estimate of drug-likeness (QED) is 0.481. The van der Waals surface area contributed by atoms with E-state index < -0.39 is 0 Å². The highest BCUT2D eigenvalue weighted by Crippen LogP contribution is 2.32. The van der Waals surface area contributed by atoms with Crippen molar-refractivity contribution in [3.63, 3.8) is 0 Å². The first-order valence-electron chi connectivity index (χ1n) is 12.4. The molecule has 8 nitrogen and oxygen atoms in total. The number of benzene rings is 2. The number of nitrogens with one attached hydrogen (secondary N) is 1. The number of rotatable bonds is 5. The Hall–Kier alpha value is -3.36. The highest BCUT2D eigenvalue weighted by atomic mass is 16.5. The van der Waals surface area contributed by atoms with Crippen LogP contribution in [-0.4, -0.2) is 49.3 Å². The van der Waals surface area contributed by atoms with Crippen molar-refractivity contribution >= 4 is 10.9 Å². The highest BCUT2D eigenvalue weighted by Gasteiger charge is 2.33. The summed E-state index contributed by atoms with van der Waals surface area (Å²) in [6.07, 6.45) is 3.07. The molecule has 35 heavy (non-hydrogen) atoms. The number of tetrazole rings is 1. The molecular weight excluding hydrogens is 440 g/mol. The SMILES string of the molecule is Cc1ccc2cc([C@H](c3nnnn3C[C@H]3CCCO3)N3CCc4ccccc4C3)c(=O)[nH]c2c1C. The molecule has 1 fully saturated rings. The van der Waals surface area contributed by atoms with Gasteiger partial charge in [-0.1, -0.05) is 36.4 Å². The summed E-state index contributed by atoms with van der Waals surface area (Å²) < 4.78 is 7.71. The molecule has 0 bridgehead atoms. The maximum absolute atomic E-state index is 13.6. The van der Waals surface area contributed by atoms with Crippen molar-refractivity contribution in [3.05, 3.63) is 86.5 Å². The van der Waals surface area contributed by atoms with Crippen LogP contribution in [0.1, 0.15) is 52.5 Å². The third kappa shape index (κ3) is 4.06. The number of fused-ring (bicyclic) bond motifs is 2. The molecule has 2 atom stereocenters. The summed E-state index contributed by atoms with van der Waals surface area (Å²) in [5.41, 5.74) is 6.36. The van der Waals surface area contributed by atoms with Crippen molar-refractivity contribution in [1.29, 1.82) is 0 Å². The summed E-state index contributed by atoms with van der Waals surface area (Å²) >= 11 is 0. The molecule has 1 saturated heterocycles. The smallest absolute Gasteiger partial charge is 0.253 e. The summed E-state index contributed by atoms with van der Waals surface area (Å²) in [7, 11) is 0. The fraction of sp³-hybridized carbons (Fsp3) is 0.407. The van der Waals surface area contributed by atoms with Crippen LogP contribution in [0, 0.1) is 13.8 Å². The predicted octanol–water partition coefficient (Wildman–Crippen LogP) is 3.46. The Balaban J connectivity index is 1.47. The number of hydrogen-bond donors (Lipinski definition) is 1. The van der Waals surface area contributed by atoms with Gasteiger partial charge < -0.3 is 9.72 Å². The molecule has 1 N–H and O–H groups in total. The van der Waals surface area contributed by atoms with E-state index in [0.717, 1.165) is 61.0 Å². The van der Waals surface area contributed by atoms with Crippen molar-refractivity contribution in [3.8, 4) is 0 Å². The predicted molar refractivity (Wildman–Crippen MR) is 133 cm³/mol. The molecule has 2 aromatic carbocycles. The van der Waals surface area contributed by atoms with E-state index in [4.69, 9.17) is 4.74 Å². The number of hydrogen-bond acceptors (Lipinski definition) is 6. The van der Waals surface area contributed by atoms with E-state index in [1.54, 1.807) is 0 Å². The van der Waals surface area contributed by atoms with Crippen LogP contribution < -0.4 is 5.56 Å². The summed E-state index contributed by atoms with van der Waals surface area (Å²) in [4.78, 5) is 19.1. The van der Waals surface area contributed by atoms with Crippen LogP contribution in [0.15, 0.2) is 47.3 Å². The van der Waals surface area contributed by atoms with Gasteiger partial charge in [-0.15, -0.1) is 5.10 Å². The average Bonchev–Trinajstić information content (AvgIpc) is 3.55. The number of ether oxygens (including phenoxy) is 1. The Morgan fingerprint density at radius 3 is 2.86 bits per heavy atom. The lowest BCUT2D eigenvalue weighted by Gasteiger charge is -2.35. The fourth-order valence-corrected chi connectivity index (χ4v) is 5.50. The minimum atomic E-state index is -0.366. The lowest BCUT2D eigenvalue weighted by atomic mass is 9.95. The molecule has 2 aromatic heterocycles. The van der Waals surface area contributed by atoms with E-state index in [1.165, 1.54) is 11.1 Å². The van der Waals surface area contributed by atoms with E-state index in [1.807, 2.05) is 10.7 Å². The average molecular weight is 471 g/mol. The standard InChI is InChI=1S/C27H30N6O2/c1-17-9-10-20-14-23(27(34)28-24(20)18(17)2)25(32-12-11-19-6-3-4-7-21(19)15-32)26-29-30-31-33(26)16-22-8-5-13-35-22/h3-4,6-7,9-10,14,22,25H,5,8,11-13,15-16H2,1-2H3,(H,28,34)/t22-,25-/m1/s1. The monoisotopic (exact) mass is 470 g/mol. The first-order chi connectivity index (χ1) is 17.1. The molecule has 4 heterocycles. The number of pyridine rings is 1. The summed E-state index contributed by atoms with van der Waals surface area (Å²) in [6.45, 7) is 7.03. The zero-order chi connectivity index (χ0) is 23.9. The Kier molecular flexibility index (Phi) is 5.70. The molecule has 0 aliphatic carbocycles. The van der Waals surface area contributed by atoms with Gasteiger partial charge in [0.15, 0.2) is 5.82 Å². The van der Waals surface area contributed by atoms with Crippen LogP contribution in [0.25, 0.3) is 10.9 Å². The Morgan fingerprint density at radius 1 is 1.17 bits per heavy atom. The van der Waals surface area contributed by atoms with Crippen molar-refractivity contribution in [2.24, 2.45) is 0 Å². The van der Waals surface area contributed by atoms with Gasteiger partial charge in [0.2, 0.25) is 0 Å². The van der Waals surface area contributed by atoms with Crippen LogP contribution in [0.3, 0.4) is 0 Å². The van der Waals surface area contributed by atoms with Gasteiger partial charge in [0, 0.05) is 25.3 Å². The number of aromatic nitrogens is 5. The molecule has 0 unspecified atom stereocenters. The highest BCUT2D eigenvalue weighted by molar-refractivity contribution is 5.83. The number of H-pyrrole nitrogens is 1. The summed E-state index contributed by atoms with van der Waals surface area (Å²) in [5, 5.41) is 13.8. The van der Waals surface area contributed by atoms with Gasteiger partial charge in [0.1, 0.15) is 6.04 Å². The van der Waals surface area contributed by atoms with Gasteiger partial charge in [0.05, 0.1) is 18.2 Å². The van der Waals surface area contributed by atoms with E-state index in [0.29, 0.717) is 17.9 Å². The van der Waals surface area contributed by atoms with Gasteiger partial charge in [-0.2, -0.15) is 0 Å². The molecule has 2 aliphatic heterocycles. The minimum Gasteiger partial charge on any atom is -0.376 e. The van der Waals surface area contributed by atoms with E-state index in [9.17, 15) is 4.79 Å². The summed E-state index contributed by atoms with van der Waals surface area (Å²) in [6, 6.07) is 14.4. The Morgan fingerprint density at radius 2 is 2.03 bits per heavy atom. The maximum atomic E-state index is 13.6. The number of aromatic amines is 1. The van der Waals surface area contributed by atoms with Crippen molar-refractivity contribution < 1.29 is 4.74 Å². The molecule has 0 radical (unpaired) electrons. The van der Waals surface area contributed by atoms with E-state index in [2.05, 4.69) is 75.7 Å². The third-order valence-electron chi connectivity index (χ3n) is 7.60. The van der Waals surface area contributed by atoms with Crippen molar-refractivity contribution in [2.45, 2.75) is 58.3 Å². The van der Waals surface area contributed by atoms with Crippen molar-refractivity contribution in [2.75, 3.05) is 13.2 Å². The van der Waals surface area contributed by atoms with E-state index >= 15 is 0 Å². The fourth-order valence-electron chi connectivity index (χ4n) is 5.50. The molecule has 6 rings (SSSR count). The second-order valence-corrected chi connectivity index (χ2v) is 9.77. The lowest BCUT2D eigenvalue weighted by Crippen LogP contribution is -2.39. The summed E-state index contributed by atoms with van der Waals surface area (Å²) in [5.74, 6) is 0.688. The largest absolute Gasteiger partial charge is 0.376 e. The second kappa shape index (κ2) is 9.02. The van der Waals surface area contributed by atoms with Gasteiger partial charge in [0.25, 0.3) is 5.56 Å². The van der Waals surface area contributed by atoms with Crippen LogP contribution in [0.5, 0.6) is 0 Å². The lowest BCUT2D eigenvalue weighted by molar-refractivity contribution is 0.0904. The molecule has 0 amide bonds. The Bertz CT molecular complexity index is 1440. The molecule has 2 aliphatic rings. The van der Waals surface area contributed by atoms with Crippen LogP contribution in [0.4, 0.5) is 0 Å². The first kappa shape index (κ1) is 22.1. The van der Waals surface area contributed by atoms with Crippen molar-refractivity contribution in [1.82, 2.24) is 30.1 Å². The zero-order valence-corrected chi connectivity index (χ0v) is 20.2. The molecule has 0 saturated carbocycles. The molecule has 4 aromatic rings. The van der Waals surface area contributed by atoms with Crippen LogP contribution >= 0.6 is 0 Å². The van der Waals surface area contributed by atoms with Crippen LogP contribution in [-0.2, 0) is 24.2 Å². The van der Waals surface area contributed by atoms with Gasteiger partial charge in [-0.3, -0.25) is 9.69 Å². The van der Waals surface area contributed by atoms with Crippen LogP contribution in [0.2, 0.25) is 0 Å². The molecular formula is C27H30N6O2. The second-order valence-electron chi connectivity index (χ2n) is 9.77. The van der Waals surface area contributed by atoms with Gasteiger partial charge >= 0.3 is 0 Å². The van der Waals surface area contributed by atoms with E-state index in [-0.39, 0.29) is 17.7 Å². The maximum Gasteiger partial charge on any atom is 0.253 e. The van der Waals surface area contributed by atoms with Gasteiger partial charge in [-0.25, -0.2) is 4.68 Å². The zero-order valence-electron chi connectivity index (χ0n) is 20.2. The molecule has 0 spiro atoms. The Labute approximate surface area is 203 Å².